The van der Waals surface area contributed by atoms with Gasteiger partial charge in [0, 0.05) is 18.8 Å². The number of nitrogens with zero attached hydrogens (tertiary/aromatic N) is 7. The Labute approximate surface area is 248 Å². The normalized spacial score (nSPS) is 10.5. The molecule has 0 fully saturated rings. The molecule has 0 spiro atoms. The predicted molar refractivity (Wildman–Crippen MR) is 163 cm³/mol. The summed E-state index contributed by atoms with van der Waals surface area (Å²) in [6, 6.07) is 26.0. The van der Waals surface area contributed by atoms with Crippen LogP contribution in [-0.2, 0) is 19.5 Å². The third kappa shape index (κ3) is 8.56. The van der Waals surface area contributed by atoms with Crippen LogP contribution in [0, 0.1) is 0 Å². The van der Waals surface area contributed by atoms with Crippen molar-refractivity contribution in [3.05, 3.63) is 102 Å². The Morgan fingerprint density at radius 1 is 0.854 bits per heavy atom. The second kappa shape index (κ2) is 15.2. The summed E-state index contributed by atoms with van der Waals surface area (Å²) in [6.45, 7) is 3.07. The van der Waals surface area contributed by atoms with Crippen LogP contribution >= 0.6 is 0 Å². The number of aromatic nitrogens is 7. The molecule has 10 heteroatoms. The molecule has 0 aliphatic rings. The topological polar surface area (TPSA) is 113 Å². The van der Waals surface area contributed by atoms with Crippen molar-refractivity contribution in [3.8, 4) is 22.5 Å². The van der Waals surface area contributed by atoms with Crippen molar-refractivity contribution in [3.63, 3.8) is 0 Å². The van der Waals surface area contributed by atoms with Crippen LogP contribution in [0.3, 0.4) is 0 Å². The number of aryl methyl sites for hydroxylation is 1. The van der Waals surface area contributed by atoms with Gasteiger partial charge in [-0.15, -0.1) is 10.2 Å². The van der Waals surface area contributed by atoms with Gasteiger partial charge >= 0.3 is 34.6 Å². The Morgan fingerprint density at radius 2 is 1.54 bits per heavy atom. The molecular weight excluding hydrogens is 619 g/mol. The maximum absolute atomic E-state index is 13.0. The molecule has 1 N–H and O–H groups in total. The van der Waals surface area contributed by atoms with E-state index in [4.69, 9.17) is 0 Å². The van der Waals surface area contributed by atoms with Gasteiger partial charge in [-0.3, -0.25) is 15.1 Å². The number of amides is 1. The fourth-order valence-electron chi connectivity index (χ4n) is 4.20. The molecule has 0 atom stereocenters. The predicted octanol–water partition coefficient (Wildman–Crippen LogP) is 5.45. The second-order valence-corrected chi connectivity index (χ2v) is 18.8. The molecule has 9 nitrogen and oxygen atoms in total. The van der Waals surface area contributed by atoms with Gasteiger partial charge in [-0.25, -0.2) is 0 Å². The zero-order valence-electron chi connectivity index (χ0n) is 24.1. The third-order valence-electron chi connectivity index (χ3n) is 6.17. The standard InChI is InChI=1S/C28H28N8O.3CH3.Sn/c1-2-3-13-25-30-33-27(28(37)29-18-20-9-5-4-6-10-20)36(25)19-21-14-16-22(17-15-21)23-11-7-8-12-24(23)26-31-34-35-32-26;;;;/h4-12,14-17H,2-3,13,18-19H2,1H3,(H2,29,31,32,34,35,37);3*1H3;/q;;;;+1/p-1. The molecule has 5 rings (SSSR count). The molecule has 0 unspecified atom stereocenters. The van der Waals surface area contributed by atoms with Crippen LogP contribution in [0.15, 0.2) is 78.9 Å². The summed E-state index contributed by atoms with van der Waals surface area (Å²) in [6.07, 6.45) is 2.78. The molecule has 0 aliphatic heterocycles. The summed E-state index contributed by atoms with van der Waals surface area (Å²) in [7, 11) is 0. The van der Waals surface area contributed by atoms with Crippen LogP contribution < -0.4 is 10.4 Å². The van der Waals surface area contributed by atoms with Gasteiger partial charge in [-0.1, -0.05) is 92.2 Å². The summed E-state index contributed by atoms with van der Waals surface area (Å²) in [5.74, 6) is 1.40. The van der Waals surface area contributed by atoms with Gasteiger partial charge in [0.2, 0.25) is 5.82 Å². The van der Waals surface area contributed by atoms with E-state index in [-0.39, 0.29) is 5.91 Å². The molecule has 0 aliphatic carbocycles. The van der Waals surface area contributed by atoms with Crippen molar-refractivity contribution in [1.29, 1.82) is 0 Å². The number of carbonyl (C=O) groups is 1. The molecule has 1 amide bonds. The Balaban J connectivity index is 0.000000909. The summed E-state index contributed by atoms with van der Waals surface area (Å²) < 4.78 is 1.92. The minimum atomic E-state index is -0.543. The number of unbranched alkanes of at least 4 members (excludes halogenated alkanes) is 1. The van der Waals surface area contributed by atoms with Crippen LogP contribution in [0.2, 0.25) is 14.8 Å². The number of hydrogen-bond acceptors (Lipinski definition) is 6. The minimum absolute atomic E-state index is 0.235. The first-order valence-electron chi connectivity index (χ1n) is 13.8. The molecule has 5 aromatic rings. The number of hydrogen-bond donors (Lipinski definition) is 1. The van der Waals surface area contributed by atoms with Crippen molar-refractivity contribution in [2.75, 3.05) is 0 Å². The van der Waals surface area contributed by atoms with Gasteiger partial charge in [0.1, 0.15) is 5.82 Å². The van der Waals surface area contributed by atoms with Crippen molar-refractivity contribution in [2.24, 2.45) is 0 Å². The van der Waals surface area contributed by atoms with E-state index in [0.29, 0.717) is 24.7 Å². The van der Waals surface area contributed by atoms with Crippen LogP contribution in [-0.4, -0.2) is 56.0 Å². The Hall–Kier alpha value is -3.86. The van der Waals surface area contributed by atoms with Crippen molar-refractivity contribution in [2.45, 2.75) is 54.1 Å². The van der Waals surface area contributed by atoms with E-state index in [1.807, 2.05) is 59.2 Å². The van der Waals surface area contributed by atoms with E-state index in [2.05, 4.69) is 82.1 Å². The average molecular weight is 655 g/mol. The summed E-state index contributed by atoms with van der Waals surface area (Å²) in [5, 5.41) is 26.8. The molecule has 0 radical (unpaired) electrons. The maximum atomic E-state index is 13.0. The van der Waals surface area contributed by atoms with Gasteiger partial charge in [0.25, 0.3) is 5.91 Å². The third-order valence-corrected chi connectivity index (χ3v) is 6.17. The molecule has 0 bridgehead atoms. The summed E-state index contributed by atoms with van der Waals surface area (Å²) in [5.41, 5.74) is 4.97. The second-order valence-electron chi connectivity index (χ2n) is 10.2. The first kappa shape index (κ1) is 30.1. The number of tetrazole rings is 1. The zero-order chi connectivity index (χ0) is 29.0. The van der Waals surface area contributed by atoms with Gasteiger partial charge in [0.15, 0.2) is 0 Å². The molecule has 0 saturated heterocycles. The van der Waals surface area contributed by atoms with E-state index in [9.17, 15) is 4.79 Å². The Bertz CT molecular complexity index is 1500. The van der Waals surface area contributed by atoms with E-state index < -0.39 is 19.8 Å². The molecule has 2 aromatic heterocycles. The zero-order valence-corrected chi connectivity index (χ0v) is 26.9. The molecule has 210 valence electrons. The average Bonchev–Trinajstić information content (AvgIpc) is 3.66. The fourth-order valence-corrected chi connectivity index (χ4v) is 4.20. The van der Waals surface area contributed by atoms with Crippen molar-refractivity contribution >= 4 is 25.7 Å². The van der Waals surface area contributed by atoms with Crippen LogP contribution in [0.4, 0.5) is 0 Å². The quantitative estimate of drug-likeness (QED) is 0.199. The summed E-state index contributed by atoms with van der Waals surface area (Å²) >= 11 is -0.543. The number of benzene rings is 3. The monoisotopic (exact) mass is 656 g/mol. The van der Waals surface area contributed by atoms with Crippen LogP contribution in [0.1, 0.15) is 47.3 Å². The van der Waals surface area contributed by atoms with Crippen molar-refractivity contribution in [1.82, 2.24) is 40.7 Å². The molecular formula is C31H36N8OSn. The molecule has 3 aromatic carbocycles. The number of nitrogens with one attached hydrogen (secondary N) is 1. The Kier molecular flexibility index (Phi) is 11.2. The van der Waals surface area contributed by atoms with Crippen LogP contribution in [0.5, 0.6) is 0 Å². The molecule has 41 heavy (non-hydrogen) atoms. The first-order valence-corrected chi connectivity index (χ1v) is 22.4. The Morgan fingerprint density at radius 3 is 2.20 bits per heavy atom. The number of carbonyl (C=O) groups excluding carboxylic acids is 1. The van der Waals surface area contributed by atoms with Gasteiger partial charge in [0.05, 0.1) is 6.54 Å². The SMILES string of the molecule is CCCCc1nnc(C(=O)NCc2ccccc2)n1Cc1ccc(-c2ccccc2-c2nnn[n-]2)cc1.[CH3][Sn+]([CH3])[CH3]. The van der Waals surface area contributed by atoms with Gasteiger partial charge in [-0.05, 0) is 34.2 Å². The molecule has 2 heterocycles. The van der Waals surface area contributed by atoms with Gasteiger partial charge < -0.3 is 15.0 Å². The fraction of sp³-hybridized carbons (Fsp3) is 0.290. The van der Waals surface area contributed by atoms with E-state index >= 15 is 0 Å². The van der Waals surface area contributed by atoms with E-state index in [1.54, 1.807) is 0 Å². The summed E-state index contributed by atoms with van der Waals surface area (Å²) in [4.78, 5) is 20.1. The van der Waals surface area contributed by atoms with Crippen LogP contribution in [0.25, 0.3) is 22.5 Å². The van der Waals surface area contributed by atoms with E-state index in [1.165, 1.54) is 0 Å². The number of rotatable bonds is 10. The van der Waals surface area contributed by atoms with Gasteiger partial charge in [-0.2, -0.15) is 5.21 Å². The molecule has 0 saturated carbocycles. The van der Waals surface area contributed by atoms with Crippen molar-refractivity contribution < 1.29 is 4.79 Å². The first-order chi connectivity index (χ1) is 20.0. The van der Waals surface area contributed by atoms with E-state index in [0.717, 1.165) is 52.9 Å².